The first-order valence-corrected chi connectivity index (χ1v) is 6.85. The number of hydrogen-bond acceptors (Lipinski definition) is 4. The van der Waals surface area contributed by atoms with Crippen LogP contribution in [0.25, 0.3) is 0 Å². The molecule has 1 aliphatic rings. The lowest BCUT2D eigenvalue weighted by atomic mass is 9.92. The molecule has 4 nitrogen and oxygen atoms in total. The number of piperidine rings is 1. The summed E-state index contributed by atoms with van der Waals surface area (Å²) in [6.07, 6.45) is -0.000811. The van der Waals surface area contributed by atoms with Crippen molar-refractivity contribution in [3.05, 3.63) is 0 Å². The van der Waals surface area contributed by atoms with Gasteiger partial charge in [0, 0.05) is 25.7 Å². The minimum atomic E-state index is -2.31. The molecule has 112 valence electrons. The summed E-state index contributed by atoms with van der Waals surface area (Å²) in [6.45, 7) is 4.14. The SMILES string of the molecule is CCC1CC(NCC(F)F)CN(CCC(=O)OC)C1. The van der Waals surface area contributed by atoms with Gasteiger partial charge in [-0.25, -0.2) is 8.78 Å². The highest BCUT2D eigenvalue weighted by atomic mass is 19.3. The fourth-order valence-corrected chi connectivity index (χ4v) is 2.54. The number of halogens is 2. The van der Waals surface area contributed by atoms with Gasteiger partial charge in [0.15, 0.2) is 0 Å². The van der Waals surface area contributed by atoms with Crippen molar-refractivity contribution in [1.29, 1.82) is 0 Å². The molecule has 1 saturated heterocycles. The van der Waals surface area contributed by atoms with Crippen LogP contribution in [0, 0.1) is 5.92 Å². The predicted octanol–water partition coefficient (Wildman–Crippen LogP) is 1.50. The number of nitrogens with zero attached hydrogens (tertiary/aromatic N) is 1. The second kappa shape index (κ2) is 8.43. The fourth-order valence-electron chi connectivity index (χ4n) is 2.54. The zero-order valence-electron chi connectivity index (χ0n) is 11.7. The van der Waals surface area contributed by atoms with E-state index in [0.717, 1.165) is 25.9 Å². The molecule has 0 amide bonds. The van der Waals surface area contributed by atoms with Crippen LogP contribution in [-0.2, 0) is 9.53 Å². The molecule has 0 aromatic carbocycles. The van der Waals surface area contributed by atoms with Gasteiger partial charge in [-0.05, 0) is 12.3 Å². The summed E-state index contributed by atoms with van der Waals surface area (Å²) < 4.78 is 29.1. The average Bonchev–Trinajstić information content (AvgIpc) is 2.42. The van der Waals surface area contributed by atoms with Gasteiger partial charge in [-0.15, -0.1) is 0 Å². The van der Waals surface area contributed by atoms with E-state index >= 15 is 0 Å². The van der Waals surface area contributed by atoms with E-state index in [1.54, 1.807) is 0 Å². The largest absolute Gasteiger partial charge is 0.469 e. The van der Waals surface area contributed by atoms with Crippen molar-refractivity contribution in [2.45, 2.75) is 38.7 Å². The first kappa shape index (κ1) is 16.3. The molecule has 0 spiro atoms. The fraction of sp³-hybridized carbons (Fsp3) is 0.923. The second-order valence-corrected chi connectivity index (χ2v) is 5.09. The number of methoxy groups -OCH3 is 1. The highest BCUT2D eigenvalue weighted by molar-refractivity contribution is 5.69. The van der Waals surface area contributed by atoms with E-state index in [0.29, 0.717) is 18.9 Å². The molecule has 6 heteroatoms. The van der Waals surface area contributed by atoms with E-state index in [9.17, 15) is 13.6 Å². The number of alkyl halides is 2. The molecule has 0 bridgehead atoms. The standard InChI is InChI=1S/C13H24F2N2O2/c1-3-10-6-11(16-7-12(14)15)9-17(8-10)5-4-13(18)19-2/h10-12,16H,3-9H2,1-2H3. The molecule has 1 heterocycles. The topological polar surface area (TPSA) is 41.6 Å². The monoisotopic (exact) mass is 278 g/mol. The van der Waals surface area contributed by atoms with E-state index in [1.807, 2.05) is 0 Å². The van der Waals surface area contributed by atoms with Crippen LogP contribution in [0.15, 0.2) is 0 Å². The lowest BCUT2D eigenvalue weighted by Crippen LogP contribution is -2.50. The van der Waals surface area contributed by atoms with Gasteiger partial charge in [-0.2, -0.15) is 0 Å². The van der Waals surface area contributed by atoms with Crippen LogP contribution in [0.5, 0.6) is 0 Å². The van der Waals surface area contributed by atoms with Crippen molar-refractivity contribution in [1.82, 2.24) is 10.2 Å². The molecule has 2 unspecified atom stereocenters. The molecule has 19 heavy (non-hydrogen) atoms. The average molecular weight is 278 g/mol. The number of carbonyl (C=O) groups excluding carboxylic acids is 1. The number of nitrogens with one attached hydrogen (secondary N) is 1. The number of rotatable bonds is 7. The number of carbonyl (C=O) groups is 1. The molecule has 0 aliphatic carbocycles. The Hall–Kier alpha value is -0.750. The zero-order valence-corrected chi connectivity index (χ0v) is 11.7. The van der Waals surface area contributed by atoms with Gasteiger partial charge in [0.25, 0.3) is 6.43 Å². The normalized spacial score (nSPS) is 24.7. The van der Waals surface area contributed by atoms with Crippen LogP contribution < -0.4 is 5.32 Å². The third-order valence-electron chi connectivity index (χ3n) is 3.61. The van der Waals surface area contributed by atoms with Crippen LogP contribution in [-0.4, -0.2) is 56.6 Å². The summed E-state index contributed by atoms with van der Waals surface area (Å²) in [5.74, 6) is 0.275. The van der Waals surface area contributed by atoms with Gasteiger partial charge in [-0.1, -0.05) is 13.3 Å². The van der Waals surface area contributed by atoms with Crippen LogP contribution in [0.2, 0.25) is 0 Å². The lowest BCUT2D eigenvalue weighted by Gasteiger charge is -2.37. The smallest absolute Gasteiger partial charge is 0.306 e. The van der Waals surface area contributed by atoms with Gasteiger partial charge < -0.3 is 15.0 Å². The third-order valence-corrected chi connectivity index (χ3v) is 3.61. The van der Waals surface area contributed by atoms with E-state index in [2.05, 4.69) is 21.9 Å². The van der Waals surface area contributed by atoms with E-state index in [-0.39, 0.29) is 18.6 Å². The molecule has 0 aromatic rings. The Morgan fingerprint density at radius 2 is 2.21 bits per heavy atom. The molecule has 2 atom stereocenters. The molecule has 1 N–H and O–H groups in total. The minimum absolute atomic E-state index is 0.0883. The van der Waals surface area contributed by atoms with Gasteiger partial charge in [-0.3, -0.25) is 4.79 Å². The molecule has 0 saturated carbocycles. The molecule has 1 fully saturated rings. The maximum Gasteiger partial charge on any atom is 0.306 e. The second-order valence-electron chi connectivity index (χ2n) is 5.09. The van der Waals surface area contributed by atoms with Crippen molar-refractivity contribution in [3.63, 3.8) is 0 Å². The van der Waals surface area contributed by atoms with Gasteiger partial charge in [0.2, 0.25) is 0 Å². The van der Waals surface area contributed by atoms with E-state index < -0.39 is 6.43 Å². The summed E-state index contributed by atoms with van der Waals surface area (Å²) in [7, 11) is 1.38. The van der Waals surface area contributed by atoms with Gasteiger partial charge in [0.1, 0.15) is 0 Å². The van der Waals surface area contributed by atoms with Crippen LogP contribution in [0.1, 0.15) is 26.2 Å². The first-order chi connectivity index (χ1) is 9.05. The predicted molar refractivity (Wildman–Crippen MR) is 69.3 cm³/mol. The maximum atomic E-state index is 12.2. The number of hydrogen-bond donors (Lipinski definition) is 1. The summed E-state index contributed by atoms with van der Waals surface area (Å²) in [5, 5.41) is 2.91. The molecule has 1 aliphatic heterocycles. The van der Waals surface area contributed by atoms with Crippen molar-refractivity contribution in [2.75, 3.05) is 33.3 Å². The quantitative estimate of drug-likeness (QED) is 0.717. The van der Waals surface area contributed by atoms with Crippen molar-refractivity contribution in [2.24, 2.45) is 5.92 Å². The van der Waals surface area contributed by atoms with Crippen molar-refractivity contribution < 1.29 is 18.3 Å². The first-order valence-electron chi connectivity index (χ1n) is 6.85. The highest BCUT2D eigenvalue weighted by Crippen LogP contribution is 2.20. The Morgan fingerprint density at radius 1 is 1.47 bits per heavy atom. The summed E-state index contributed by atoms with van der Waals surface area (Å²) >= 11 is 0. The summed E-state index contributed by atoms with van der Waals surface area (Å²) in [5.41, 5.74) is 0. The molecular formula is C13H24F2N2O2. The molecular weight excluding hydrogens is 254 g/mol. The third kappa shape index (κ3) is 6.29. The Labute approximate surface area is 113 Å². The van der Waals surface area contributed by atoms with Crippen LogP contribution >= 0.6 is 0 Å². The molecule has 0 aromatic heterocycles. The minimum Gasteiger partial charge on any atom is -0.469 e. The number of esters is 1. The van der Waals surface area contributed by atoms with Gasteiger partial charge in [0.05, 0.1) is 20.1 Å². The van der Waals surface area contributed by atoms with Crippen LogP contribution in [0.4, 0.5) is 8.78 Å². The van der Waals surface area contributed by atoms with E-state index in [1.165, 1.54) is 7.11 Å². The Morgan fingerprint density at radius 3 is 2.79 bits per heavy atom. The zero-order chi connectivity index (χ0) is 14.3. The number of likely N-dealkylation sites (tertiary alicyclic amines) is 1. The molecule has 0 radical (unpaired) electrons. The summed E-state index contributed by atoms with van der Waals surface area (Å²) in [4.78, 5) is 13.3. The highest BCUT2D eigenvalue weighted by Gasteiger charge is 2.26. The van der Waals surface area contributed by atoms with Gasteiger partial charge >= 0.3 is 5.97 Å². The summed E-state index contributed by atoms with van der Waals surface area (Å²) in [6, 6.07) is 0.0883. The number of ether oxygens (including phenoxy) is 1. The lowest BCUT2D eigenvalue weighted by molar-refractivity contribution is -0.141. The van der Waals surface area contributed by atoms with Crippen molar-refractivity contribution in [3.8, 4) is 0 Å². The van der Waals surface area contributed by atoms with Crippen LogP contribution in [0.3, 0.4) is 0 Å². The molecule has 1 rings (SSSR count). The maximum absolute atomic E-state index is 12.2. The Bertz CT molecular complexity index is 277. The Balaban J connectivity index is 2.40. The Kier molecular flexibility index (Phi) is 7.23. The van der Waals surface area contributed by atoms with E-state index in [4.69, 9.17) is 0 Å². The van der Waals surface area contributed by atoms with Crippen molar-refractivity contribution >= 4 is 5.97 Å².